The summed E-state index contributed by atoms with van der Waals surface area (Å²) in [6.07, 6.45) is 5.61. The average Bonchev–Trinajstić information content (AvgIpc) is 3.35. The molecule has 9 nitrogen and oxygen atoms in total. The third kappa shape index (κ3) is 9.49. The largest absolute Gasteiger partial charge is 0.463 e. The SMILES string of the molecule is CC(C)(C)OC(=O)C[C@@H]1C/C=C\C[C@H](CC(=O)N(CCO)Cc2ccccc2)C(=O)N2CCC[C@H]2COC1=O. The molecule has 214 valence electrons. The normalized spacial score (nSPS) is 23.2. The molecule has 1 fully saturated rings. The van der Waals surface area contributed by atoms with Crippen molar-refractivity contribution in [2.45, 2.75) is 77.5 Å². The molecule has 0 saturated carbocycles. The van der Waals surface area contributed by atoms with E-state index in [1.165, 1.54) is 0 Å². The summed E-state index contributed by atoms with van der Waals surface area (Å²) >= 11 is 0. The van der Waals surface area contributed by atoms with Gasteiger partial charge in [0.25, 0.3) is 0 Å². The molecule has 0 aliphatic carbocycles. The Bertz CT molecular complexity index is 1020. The summed E-state index contributed by atoms with van der Waals surface area (Å²) in [5, 5.41) is 9.57. The Balaban J connectivity index is 1.76. The molecular weight excluding hydrogens is 500 g/mol. The van der Waals surface area contributed by atoms with E-state index < -0.39 is 29.4 Å². The van der Waals surface area contributed by atoms with Crippen molar-refractivity contribution in [3.8, 4) is 0 Å². The zero-order valence-electron chi connectivity index (χ0n) is 23.3. The quantitative estimate of drug-likeness (QED) is 0.396. The highest BCUT2D eigenvalue weighted by molar-refractivity contribution is 5.86. The topological polar surface area (TPSA) is 113 Å². The van der Waals surface area contributed by atoms with Crippen molar-refractivity contribution >= 4 is 23.8 Å². The highest BCUT2D eigenvalue weighted by Gasteiger charge is 2.36. The Hall–Kier alpha value is -3.20. The van der Waals surface area contributed by atoms with Gasteiger partial charge in [-0.1, -0.05) is 42.5 Å². The second-order valence-corrected chi connectivity index (χ2v) is 11.3. The number of carbonyl (C=O) groups excluding carboxylic acids is 4. The Morgan fingerprint density at radius 3 is 2.44 bits per heavy atom. The monoisotopic (exact) mass is 542 g/mol. The number of ether oxygens (including phenoxy) is 2. The summed E-state index contributed by atoms with van der Waals surface area (Å²) in [5.74, 6) is -2.53. The van der Waals surface area contributed by atoms with E-state index in [2.05, 4.69) is 0 Å². The van der Waals surface area contributed by atoms with Gasteiger partial charge in [-0.25, -0.2) is 0 Å². The van der Waals surface area contributed by atoms with E-state index in [0.29, 0.717) is 25.9 Å². The first kappa shape index (κ1) is 30.3. The number of cyclic esters (lactones) is 1. The standard InChI is InChI=1S/C30H42N2O7/c1-30(2,3)39-27(35)19-24-13-8-7-12-23(28(36)32-15-9-14-25(32)21-38-29(24)37)18-26(34)31(16-17-33)20-22-10-5-4-6-11-22/h4-8,10-11,23-25,33H,9,12-21H2,1-3H3/b8-7-/t23-,24+,25+/m1/s1. The van der Waals surface area contributed by atoms with Crippen LogP contribution in [0.1, 0.15) is 64.9 Å². The van der Waals surface area contributed by atoms with Crippen LogP contribution in [0.4, 0.5) is 0 Å². The molecule has 1 N–H and O–H groups in total. The number of esters is 2. The number of hydrogen-bond acceptors (Lipinski definition) is 7. The Labute approximate surface area is 231 Å². The first-order valence-electron chi connectivity index (χ1n) is 13.8. The maximum Gasteiger partial charge on any atom is 0.309 e. The van der Waals surface area contributed by atoms with Crippen LogP contribution in [0, 0.1) is 11.8 Å². The van der Waals surface area contributed by atoms with E-state index in [9.17, 15) is 24.3 Å². The molecule has 2 aliphatic rings. The molecule has 39 heavy (non-hydrogen) atoms. The minimum absolute atomic E-state index is 0.0142. The van der Waals surface area contributed by atoms with Crippen LogP contribution in [0.15, 0.2) is 42.5 Å². The van der Waals surface area contributed by atoms with Gasteiger partial charge in [-0.2, -0.15) is 0 Å². The number of carbonyl (C=O) groups is 4. The third-order valence-corrected chi connectivity index (χ3v) is 6.96. The van der Waals surface area contributed by atoms with Crippen LogP contribution in [0.5, 0.6) is 0 Å². The van der Waals surface area contributed by atoms with Crippen molar-refractivity contribution in [2.24, 2.45) is 11.8 Å². The second kappa shape index (κ2) is 14.3. The molecule has 3 rings (SSSR count). The molecule has 1 aromatic rings. The highest BCUT2D eigenvalue weighted by atomic mass is 16.6. The van der Waals surface area contributed by atoms with E-state index in [1.807, 2.05) is 36.4 Å². The van der Waals surface area contributed by atoms with Crippen molar-refractivity contribution in [1.29, 1.82) is 0 Å². The summed E-state index contributed by atoms with van der Waals surface area (Å²) in [4.78, 5) is 55.6. The second-order valence-electron chi connectivity index (χ2n) is 11.3. The number of amides is 2. The van der Waals surface area contributed by atoms with Crippen molar-refractivity contribution < 1.29 is 33.8 Å². The smallest absolute Gasteiger partial charge is 0.309 e. The number of aliphatic hydroxyl groups excluding tert-OH is 1. The van der Waals surface area contributed by atoms with Crippen LogP contribution in [-0.4, -0.2) is 76.6 Å². The lowest BCUT2D eigenvalue weighted by atomic mass is 9.95. The van der Waals surface area contributed by atoms with E-state index in [0.717, 1.165) is 12.0 Å². The van der Waals surface area contributed by atoms with Gasteiger partial charge in [0.1, 0.15) is 12.2 Å². The van der Waals surface area contributed by atoms with Crippen molar-refractivity contribution in [3.63, 3.8) is 0 Å². The van der Waals surface area contributed by atoms with E-state index in [1.54, 1.807) is 36.6 Å². The fraction of sp³-hybridized carbons (Fsp3) is 0.600. The number of fused-ring (bicyclic) bond motifs is 1. The van der Waals surface area contributed by atoms with Crippen molar-refractivity contribution in [3.05, 3.63) is 48.0 Å². The van der Waals surface area contributed by atoms with Crippen LogP contribution in [0.25, 0.3) is 0 Å². The van der Waals surface area contributed by atoms with Gasteiger partial charge in [0, 0.05) is 26.1 Å². The average molecular weight is 543 g/mol. The number of hydrogen-bond donors (Lipinski definition) is 1. The molecule has 1 aromatic carbocycles. The zero-order valence-corrected chi connectivity index (χ0v) is 23.3. The maximum absolute atomic E-state index is 13.6. The van der Waals surface area contributed by atoms with Crippen LogP contribution in [0.2, 0.25) is 0 Å². The fourth-order valence-electron chi connectivity index (χ4n) is 5.03. The van der Waals surface area contributed by atoms with Gasteiger partial charge in [-0.05, 0) is 52.0 Å². The van der Waals surface area contributed by atoms with E-state index in [-0.39, 0.29) is 56.9 Å². The van der Waals surface area contributed by atoms with Gasteiger partial charge in [-0.3, -0.25) is 19.2 Å². The molecule has 2 heterocycles. The first-order chi connectivity index (χ1) is 18.6. The van der Waals surface area contributed by atoms with Gasteiger partial charge < -0.3 is 24.4 Å². The van der Waals surface area contributed by atoms with E-state index >= 15 is 0 Å². The number of aliphatic hydroxyl groups is 1. The van der Waals surface area contributed by atoms with Gasteiger partial charge in [0.2, 0.25) is 11.8 Å². The van der Waals surface area contributed by atoms with Gasteiger partial charge in [0.15, 0.2) is 0 Å². The summed E-state index contributed by atoms with van der Waals surface area (Å²) in [6.45, 7) is 6.29. The van der Waals surface area contributed by atoms with Crippen LogP contribution < -0.4 is 0 Å². The lowest BCUT2D eigenvalue weighted by Crippen LogP contribution is -2.44. The molecule has 9 heteroatoms. The van der Waals surface area contributed by atoms with Crippen LogP contribution >= 0.6 is 0 Å². The lowest BCUT2D eigenvalue weighted by Gasteiger charge is -2.30. The minimum Gasteiger partial charge on any atom is -0.463 e. The molecule has 0 unspecified atom stereocenters. The van der Waals surface area contributed by atoms with Crippen molar-refractivity contribution in [1.82, 2.24) is 9.80 Å². The Morgan fingerprint density at radius 1 is 1.08 bits per heavy atom. The van der Waals surface area contributed by atoms with Crippen LogP contribution in [0.3, 0.4) is 0 Å². The molecular formula is C30H42N2O7. The molecule has 1 saturated heterocycles. The van der Waals surface area contributed by atoms with Gasteiger partial charge >= 0.3 is 11.9 Å². The predicted molar refractivity (Wildman–Crippen MR) is 145 cm³/mol. The van der Waals surface area contributed by atoms with E-state index in [4.69, 9.17) is 9.47 Å². The summed E-state index contributed by atoms with van der Waals surface area (Å²) < 4.78 is 11.0. The van der Waals surface area contributed by atoms with Gasteiger partial charge in [-0.15, -0.1) is 0 Å². The fourth-order valence-corrected chi connectivity index (χ4v) is 5.03. The maximum atomic E-state index is 13.6. The molecule has 0 spiro atoms. The molecule has 0 radical (unpaired) electrons. The molecule has 3 atom stereocenters. The summed E-state index contributed by atoms with van der Waals surface area (Å²) in [5.41, 5.74) is 0.290. The van der Waals surface area contributed by atoms with Gasteiger partial charge in [0.05, 0.1) is 30.9 Å². The number of rotatable bonds is 8. The summed E-state index contributed by atoms with van der Waals surface area (Å²) in [7, 11) is 0. The Kier molecular flexibility index (Phi) is 11.1. The third-order valence-electron chi connectivity index (χ3n) is 6.96. The number of nitrogens with zero attached hydrogens (tertiary/aromatic N) is 2. The lowest BCUT2D eigenvalue weighted by molar-refractivity contribution is -0.162. The molecule has 2 aliphatic heterocycles. The van der Waals surface area contributed by atoms with Crippen LogP contribution in [-0.2, 0) is 35.2 Å². The minimum atomic E-state index is -0.688. The molecule has 2 amide bonds. The molecule has 0 aromatic heterocycles. The summed E-state index contributed by atoms with van der Waals surface area (Å²) in [6, 6.07) is 9.28. The Morgan fingerprint density at radius 2 is 1.77 bits per heavy atom. The predicted octanol–water partition coefficient (Wildman–Crippen LogP) is 3.25. The first-order valence-corrected chi connectivity index (χ1v) is 13.8. The highest BCUT2D eigenvalue weighted by Crippen LogP contribution is 2.26. The van der Waals surface area contributed by atoms with Crippen molar-refractivity contribution in [2.75, 3.05) is 26.3 Å². The number of allylic oxidation sites excluding steroid dienone is 2. The zero-order chi connectivity index (χ0) is 28.4. The number of benzene rings is 1. The molecule has 0 bridgehead atoms.